The predicted molar refractivity (Wildman–Crippen MR) is 113 cm³/mol. The number of thiazole rings is 1. The molecule has 6 nitrogen and oxygen atoms in total. The Morgan fingerprint density at radius 3 is 2.75 bits per heavy atom. The molecule has 1 aromatic heterocycles. The van der Waals surface area contributed by atoms with Gasteiger partial charge >= 0.3 is 0 Å². The highest BCUT2D eigenvalue weighted by Crippen LogP contribution is 2.14. The van der Waals surface area contributed by atoms with Crippen LogP contribution >= 0.6 is 11.3 Å². The Bertz CT molecular complexity index is 1240. The third-order valence-electron chi connectivity index (χ3n) is 3.54. The first-order valence-electron chi connectivity index (χ1n) is 12.4. The van der Waals surface area contributed by atoms with E-state index < -0.39 is 42.7 Å². The van der Waals surface area contributed by atoms with Crippen LogP contribution in [0.3, 0.4) is 0 Å². The van der Waals surface area contributed by atoms with Gasteiger partial charge in [0.1, 0.15) is 0 Å². The van der Waals surface area contributed by atoms with Crippen molar-refractivity contribution in [3.63, 3.8) is 0 Å². The van der Waals surface area contributed by atoms with E-state index in [1.165, 1.54) is 12.1 Å². The van der Waals surface area contributed by atoms with Gasteiger partial charge in [-0.1, -0.05) is 42.4 Å². The molecule has 2 aromatic carbocycles. The van der Waals surface area contributed by atoms with Gasteiger partial charge in [0, 0.05) is 20.3 Å². The molecule has 28 heavy (non-hydrogen) atoms. The van der Waals surface area contributed by atoms with Gasteiger partial charge in [-0.05, 0) is 36.2 Å². The molecule has 0 radical (unpaired) electrons. The average molecular weight is 405 g/mol. The Morgan fingerprint density at radius 1 is 1.32 bits per heavy atom. The zero-order valence-electron chi connectivity index (χ0n) is 22.8. The Balaban J connectivity index is 1.74. The topological polar surface area (TPSA) is 100 Å². The third kappa shape index (κ3) is 6.16. The molecule has 3 rings (SSSR count). The van der Waals surface area contributed by atoms with Gasteiger partial charge in [-0.15, -0.1) is 11.3 Å². The summed E-state index contributed by atoms with van der Waals surface area (Å²) < 4.78 is 65.1. The van der Waals surface area contributed by atoms with E-state index in [0.29, 0.717) is 0 Å². The van der Waals surface area contributed by atoms with Crippen LogP contribution in [-0.2, 0) is 17.6 Å². The second-order valence-electron chi connectivity index (χ2n) is 5.70. The molecule has 5 N–H and O–H groups in total. The average Bonchev–Trinajstić information content (AvgIpc) is 3.14. The van der Waals surface area contributed by atoms with E-state index in [1.54, 1.807) is 18.2 Å². The van der Waals surface area contributed by atoms with Gasteiger partial charge in [0.15, 0.2) is 5.13 Å². The van der Waals surface area contributed by atoms with Gasteiger partial charge in [-0.25, -0.2) is 4.98 Å². The van der Waals surface area contributed by atoms with Crippen LogP contribution in [-0.4, -0.2) is 29.0 Å². The largest absolute Gasteiger partial charge is 0.387 e. The molecule has 1 heterocycles. The number of nitrogen functional groups attached to an aromatic ring is 1. The lowest BCUT2D eigenvalue weighted by Gasteiger charge is -2.12. The lowest BCUT2D eigenvalue weighted by atomic mass is 10.1. The van der Waals surface area contributed by atoms with Crippen molar-refractivity contribution in [3.05, 3.63) is 76.7 Å². The summed E-state index contributed by atoms with van der Waals surface area (Å²) in [4.78, 5) is 16.3. The lowest BCUT2D eigenvalue weighted by Crippen LogP contribution is -2.23. The number of carbonyl (C=O) groups excluding carboxylic acids is 1. The van der Waals surface area contributed by atoms with Crippen molar-refractivity contribution in [1.29, 1.82) is 0 Å². The molecule has 0 aliphatic rings. The quantitative estimate of drug-likeness (QED) is 0.439. The molecule has 0 saturated carbocycles. The number of hydrogen-bond donors (Lipinski definition) is 4. The molecular formula is C21H24N4O2S. The Labute approximate surface area is 179 Å². The van der Waals surface area contributed by atoms with Crippen molar-refractivity contribution >= 4 is 28.1 Å². The summed E-state index contributed by atoms with van der Waals surface area (Å²) in [5.41, 5.74) is 5.33. The summed E-state index contributed by atoms with van der Waals surface area (Å²) in [5, 5.41) is 15.4. The number of aliphatic hydroxyl groups is 1. The zero-order valence-corrected chi connectivity index (χ0v) is 15.6. The Morgan fingerprint density at radius 2 is 2.07 bits per heavy atom. The van der Waals surface area contributed by atoms with Crippen LogP contribution in [0.4, 0.5) is 10.8 Å². The fraction of sp³-hybridized carbons (Fsp3) is 0.238. The van der Waals surface area contributed by atoms with Crippen molar-refractivity contribution in [3.8, 4) is 0 Å². The highest BCUT2D eigenvalue weighted by atomic mass is 32.1. The Kier molecular flexibility index (Phi) is 4.26. The van der Waals surface area contributed by atoms with Crippen LogP contribution < -0.4 is 16.4 Å². The van der Waals surface area contributed by atoms with E-state index in [2.05, 4.69) is 15.6 Å². The minimum Gasteiger partial charge on any atom is -0.387 e. The molecule has 0 saturated heterocycles. The van der Waals surface area contributed by atoms with E-state index in [4.69, 9.17) is 16.7 Å². The van der Waals surface area contributed by atoms with Crippen LogP contribution in [0.2, 0.25) is 0 Å². The van der Waals surface area contributed by atoms with Gasteiger partial charge in [-0.2, -0.15) is 0 Å². The number of aromatic nitrogens is 1. The zero-order chi connectivity index (χ0) is 26.8. The maximum absolute atomic E-state index is 12.4. The highest BCUT2D eigenvalue weighted by Gasteiger charge is 2.08. The van der Waals surface area contributed by atoms with Crippen LogP contribution in [0.25, 0.3) is 0 Å². The number of nitrogens with one attached hydrogen (secondary N) is 2. The lowest BCUT2D eigenvalue weighted by molar-refractivity contribution is -0.115. The number of nitrogens with zero attached hydrogens (tertiary/aromatic N) is 1. The summed E-state index contributed by atoms with van der Waals surface area (Å²) in [6.07, 6.45) is -3.10. The van der Waals surface area contributed by atoms with Crippen molar-refractivity contribution in [2.75, 3.05) is 24.1 Å². The summed E-state index contributed by atoms with van der Waals surface area (Å²) in [5.74, 6) is -0.687. The number of amides is 1. The summed E-state index contributed by atoms with van der Waals surface area (Å²) in [6.45, 7) is -2.81. The van der Waals surface area contributed by atoms with Gasteiger partial charge in [-0.3, -0.25) is 4.79 Å². The molecule has 0 aliphatic heterocycles. The molecule has 0 aliphatic carbocycles. The van der Waals surface area contributed by atoms with Gasteiger partial charge in [0.25, 0.3) is 0 Å². The number of hydrogen-bond acceptors (Lipinski definition) is 6. The van der Waals surface area contributed by atoms with Crippen LogP contribution in [0, 0.1) is 0 Å². The standard InChI is InChI=1S/C21H24N4O2S/c22-21-25-18(14-28-21)12-20(27)24-17-8-6-15(7-9-17)10-11-23-13-19(26)16-4-2-1-3-5-16/h1-9,14,19,23,26H,10-13H2,(H2,22,25)(H,24,27)/t19-/m0/s1/i6D,7D,8D,9D,13D2,14D,19D. The van der Waals surface area contributed by atoms with Gasteiger partial charge < -0.3 is 21.5 Å². The minimum atomic E-state index is -2.63. The molecule has 0 bridgehead atoms. The van der Waals surface area contributed by atoms with E-state index in [1.807, 2.05) is 0 Å². The van der Waals surface area contributed by atoms with Crippen molar-refractivity contribution < 1.29 is 20.9 Å². The monoisotopic (exact) mass is 404 g/mol. The molecule has 0 spiro atoms. The van der Waals surface area contributed by atoms with E-state index in [-0.39, 0.29) is 52.4 Å². The normalized spacial score (nSPS) is 17.6. The summed E-state index contributed by atoms with van der Waals surface area (Å²) in [7, 11) is 0. The van der Waals surface area contributed by atoms with E-state index in [9.17, 15) is 9.90 Å². The van der Waals surface area contributed by atoms with E-state index >= 15 is 0 Å². The number of rotatable bonds is 9. The fourth-order valence-corrected chi connectivity index (χ4v) is 2.72. The predicted octanol–water partition coefficient (Wildman–Crippen LogP) is 2.77. The third-order valence-corrected chi connectivity index (χ3v) is 4.18. The first kappa shape index (κ1) is 12.0. The summed E-state index contributed by atoms with van der Waals surface area (Å²) in [6, 6.07) is 5.79. The van der Waals surface area contributed by atoms with Crippen LogP contribution in [0.15, 0.2) is 59.9 Å². The molecule has 146 valence electrons. The van der Waals surface area contributed by atoms with Crippen molar-refractivity contribution in [1.82, 2.24) is 10.3 Å². The molecule has 1 atom stereocenters. The van der Waals surface area contributed by atoms with E-state index in [0.717, 1.165) is 11.3 Å². The molecular weight excluding hydrogens is 372 g/mol. The van der Waals surface area contributed by atoms with Crippen molar-refractivity contribution in [2.24, 2.45) is 0 Å². The van der Waals surface area contributed by atoms with Crippen LogP contribution in [0.5, 0.6) is 0 Å². The maximum Gasteiger partial charge on any atom is 0.230 e. The second kappa shape index (κ2) is 9.98. The van der Waals surface area contributed by atoms with Crippen LogP contribution in [0.1, 0.15) is 33.9 Å². The maximum atomic E-state index is 12.4. The first-order chi connectivity index (χ1) is 16.8. The SMILES string of the molecule is [2H]c1sc(N)nc1CC(=O)Nc1c([2H])c([2H])c(CCNC([2H])([2H])[C@]([2H])(O)c2ccccc2)c([2H])c1[2H]. The molecule has 3 aromatic rings. The fourth-order valence-electron chi connectivity index (χ4n) is 2.23. The number of nitrogens with two attached hydrogens (primary N) is 1. The van der Waals surface area contributed by atoms with Gasteiger partial charge in [0.2, 0.25) is 5.91 Å². The molecule has 0 unspecified atom stereocenters. The smallest absolute Gasteiger partial charge is 0.230 e. The molecule has 7 heteroatoms. The Hall–Kier alpha value is -2.74. The van der Waals surface area contributed by atoms with Crippen molar-refractivity contribution in [2.45, 2.75) is 18.9 Å². The number of carbonyl (C=O) groups is 1. The molecule has 1 amide bonds. The van der Waals surface area contributed by atoms with Gasteiger partial charge in [0.05, 0.1) is 26.4 Å². The number of anilines is 2. The molecule has 0 fully saturated rings. The second-order valence-corrected chi connectivity index (χ2v) is 6.52. The minimum absolute atomic E-state index is 0.0109. The first-order valence-corrected chi connectivity index (χ1v) is 9.21. The summed E-state index contributed by atoms with van der Waals surface area (Å²) >= 11 is 0.899. The number of benzene rings is 2. The highest BCUT2D eigenvalue weighted by molar-refractivity contribution is 7.13.